The van der Waals surface area contributed by atoms with Gasteiger partial charge in [-0.05, 0) is 44.2 Å². The number of hydrogen-bond donors (Lipinski definition) is 1. The maximum absolute atomic E-state index is 5.74. The fraction of sp³-hybridized carbons (Fsp3) is 1.00. The second-order valence-electron chi connectivity index (χ2n) is 5.73. The molecule has 0 spiro atoms. The van der Waals surface area contributed by atoms with Gasteiger partial charge >= 0.3 is 0 Å². The summed E-state index contributed by atoms with van der Waals surface area (Å²) in [6, 6.07) is 0.844. The van der Waals surface area contributed by atoms with Gasteiger partial charge in [-0.15, -0.1) is 0 Å². The first-order chi connectivity index (χ1) is 7.59. The van der Waals surface area contributed by atoms with E-state index in [0.717, 1.165) is 25.7 Å². The van der Waals surface area contributed by atoms with E-state index in [4.69, 9.17) is 10.5 Å². The molecule has 16 heavy (non-hydrogen) atoms. The highest BCUT2D eigenvalue weighted by Crippen LogP contribution is 2.28. The van der Waals surface area contributed by atoms with Crippen LogP contribution in [0.2, 0.25) is 0 Å². The van der Waals surface area contributed by atoms with Crippen LogP contribution in [0.1, 0.15) is 39.5 Å². The van der Waals surface area contributed by atoms with E-state index in [-0.39, 0.29) is 0 Å². The van der Waals surface area contributed by atoms with E-state index in [1.807, 2.05) is 0 Å². The number of nitrogens with zero attached hydrogens (tertiary/aromatic N) is 1. The van der Waals surface area contributed by atoms with Crippen molar-refractivity contribution in [3.63, 3.8) is 0 Å². The highest BCUT2D eigenvalue weighted by Gasteiger charge is 2.28. The average molecular weight is 228 g/mol. The number of rotatable bonds is 9. The summed E-state index contributed by atoms with van der Waals surface area (Å²) in [4.78, 5) is 2.58. The third kappa shape index (κ3) is 5.28. The molecule has 1 fully saturated rings. The van der Waals surface area contributed by atoms with Crippen LogP contribution in [0.15, 0.2) is 0 Å². The van der Waals surface area contributed by atoms with E-state index in [9.17, 15) is 0 Å². The molecule has 96 valence electrons. The fourth-order valence-corrected chi connectivity index (χ4v) is 1.99. The first-order valence-electron chi connectivity index (χ1n) is 6.52. The quantitative estimate of drug-likeness (QED) is 0.654. The summed E-state index contributed by atoms with van der Waals surface area (Å²) in [5, 5.41) is 0. The van der Waals surface area contributed by atoms with Gasteiger partial charge in [0.05, 0.1) is 6.61 Å². The molecule has 0 aromatic carbocycles. The number of nitrogens with two attached hydrogens (primary N) is 1. The van der Waals surface area contributed by atoms with Crippen LogP contribution in [0, 0.1) is 5.41 Å². The van der Waals surface area contributed by atoms with Crippen molar-refractivity contribution in [1.29, 1.82) is 0 Å². The molecule has 0 saturated heterocycles. The van der Waals surface area contributed by atoms with Crippen molar-refractivity contribution in [2.45, 2.75) is 45.6 Å². The molecule has 2 N–H and O–H groups in total. The van der Waals surface area contributed by atoms with E-state index in [0.29, 0.717) is 5.41 Å². The smallest absolute Gasteiger partial charge is 0.0589 e. The normalized spacial score (nSPS) is 17.1. The molecule has 0 atom stereocenters. The largest absolute Gasteiger partial charge is 0.383 e. The summed E-state index contributed by atoms with van der Waals surface area (Å²) in [6.07, 6.45) is 5.23. The molecule has 0 aromatic heterocycles. The Kier molecular flexibility index (Phi) is 5.73. The Morgan fingerprint density at radius 3 is 2.50 bits per heavy atom. The van der Waals surface area contributed by atoms with Gasteiger partial charge < -0.3 is 10.5 Å². The third-order valence-electron chi connectivity index (χ3n) is 3.50. The van der Waals surface area contributed by atoms with Crippen LogP contribution < -0.4 is 5.73 Å². The van der Waals surface area contributed by atoms with Crippen LogP contribution >= 0.6 is 0 Å². The third-order valence-corrected chi connectivity index (χ3v) is 3.50. The SMILES string of the molecule is COCCN(CCCC(C)(C)CN)C1CC1. The molecule has 0 amide bonds. The summed E-state index contributed by atoms with van der Waals surface area (Å²) in [5.41, 5.74) is 6.04. The highest BCUT2D eigenvalue weighted by atomic mass is 16.5. The lowest BCUT2D eigenvalue weighted by Crippen LogP contribution is -2.32. The van der Waals surface area contributed by atoms with Crippen LogP contribution in [0.3, 0.4) is 0 Å². The molecular weight excluding hydrogens is 200 g/mol. The first-order valence-corrected chi connectivity index (χ1v) is 6.52. The summed E-state index contributed by atoms with van der Waals surface area (Å²) in [7, 11) is 1.78. The summed E-state index contributed by atoms with van der Waals surface area (Å²) in [5.74, 6) is 0. The lowest BCUT2D eigenvalue weighted by atomic mass is 9.88. The standard InChI is InChI=1S/C13H28N2O/c1-13(2,11-14)7-4-8-15(9-10-16-3)12-5-6-12/h12H,4-11,14H2,1-3H3. The molecule has 3 heteroatoms. The maximum Gasteiger partial charge on any atom is 0.0589 e. The van der Waals surface area contributed by atoms with E-state index in [1.54, 1.807) is 7.11 Å². The zero-order valence-corrected chi connectivity index (χ0v) is 11.2. The minimum atomic E-state index is 0.302. The van der Waals surface area contributed by atoms with Crippen molar-refractivity contribution in [2.24, 2.45) is 11.1 Å². The average Bonchev–Trinajstić information content (AvgIpc) is 3.07. The Morgan fingerprint density at radius 2 is 2.00 bits per heavy atom. The molecule has 1 aliphatic rings. The zero-order valence-electron chi connectivity index (χ0n) is 11.2. The van der Waals surface area contributed by atoms with Gasteiger partial charge in [-0.25, -0.2) is 0 Å². The number of methoxy groups -OCH3 is 1. The predicted molar refractivity (Wildman–Crippen MR) is 68.5 cm³/mol. The molecule has 0 aliphatic heterocycles. The Balaban J connectivity index is 2.17. The summed E-state index contributed by atoms with van der Waals surface area (Å²) >= 11 is 0. The minimum absolute atomic E-state index is 0.302. The predicted octanol–water partition coefficient (Wildman–Crippen LogP) is 1.86. The molecule has 3 nitrogen and oxygen atoms in total. The Bertz CT molecular complexity index is 190. The van der Waals surface area contributed by atoms with Crippen molar-refractivity contribution >= 4 is 0 Å². The van der Waals surface area contributed by atoms with E-state index in [2.05, 4.69) is 18.7 Å². The highest BCUT2D eigenvalue weighted by molar-refractivity contribution is 4.84. The molecule has 0 aromatic rings. The molecule has 0 heterocycles. The summed E-state index contributed by atoms with van der Waals surface area (Å²) < 4.78 is 5.16. The molecular formula is C13H28N2O. The van der Waals surface area contributed by atoms with Gasteiger partial charge in [0.2, 0.25) is 0 Å². The first kappa shape index (κ1) is 13.9. The van der Waals surface area contributed by atoms with Gasteiger partial charge in [-0.3, -0.25) is 4.90 Å². The van der Waals surface area contributed by atoms with Crippen molar-refractivity contribution in [3.8, 4) is 0 Å². The van der Waals surface area contributed by atoms with Gasteiger partial charge in [-0.1, -0.05) is 13.8 Å². The van der Waals surface area contributed by atoms with Crippen LogP contribution in [0.25, 0.3) is 0 Å². The Morgan fingerprint density at radius 1 is 1.31 bits per heavy atom. The lowest BCUT2D eigenvalue weighted by Gasteiger charge is -2.26. The van der Waals surface area contributed by atoms with Crippen molar-refractivity contribution in [3.05, 3.63) is 0 Å². The lowest BCUT2D eigenvalue weighted by molar-refractivity contribution is 0.139. The molecule has 1 aliphatic carbocycles. The van der Waals surface area contributed by atoms with Crippen molar-refractivity contribution in [2.75, 3.05) is 33.4 Å². The van der Waals surface area contributed by atoms with Gasteiger partial charge in [0.15, 0.2) is 0 Å². The molecule has 0 bridgehead atoms. The monoisotopic (exact) mass is 228 g/mol. The van der Waals surface area contributed by atoms with Gasteiger partial charge in [-0.2, -0.15) is 0 Å². The number of ether oxygens (including phenoxy) is 1. The van der Waals surface area contributed by atoms with Gasteiger partial charge in [0.1, 0.15) is 0 Å². The second kappa shape index (κ2) is 6.58. The van der Waals surface area contributed by atoms with Crippen LogP contribution in [0.4, 0.5) is 0 Å². The van der Waals surface area contributed by atoms with Crippen molar-refractivity contribution < 1.29 is 4.74 Å². The van der Waals surface area contributed by atoms with Crippen LogP contribution in [-0.4, -0.2) is 44.3 Å². The van der Waals surface area contributed by atoms with E-state index in [1.165, 1.54) is 32.2 Å². The van der Waals surface area contributed by atoms with E-state index >= 15 is 0 Å². The fourth-order valence-electron chi connectivity index (χ4n) is 1.99. The zero-order chi connectivity index (χ0) is 12.0. The molecule has 0 radical (unpaired) electrons. The summed E-state index contributed by atoms with van der Waals surface area (Å²) in [6.45, 7) is 8.44. The van der Waals surface area contributed by atoms with Crippen LogP contribution in [0.5, 0.6) is 0 Å². The minimum Gasteiger partial charge on any atom is -0.383 e. The Hall–Kier alpha value is -0.120. The van der Waals surface area contributed by atoms with Crippen LogP contribution in [-0.2, 0) is 4.74 Å². The maximum atomic E-state index is 5.74. The van der Waals surface area contributed by atoms with E-state index < -0.39 is 0 Å². The molecule has 1 rings (SSSR count). The van der Waals surface area contributed by atoms with Gasteiger partial charge in [0.25, 0.3) is 0 Å². The topological polar surface area (TPSA) is 38.5 Å². The Labute approximate surface area is 100 Å². The number of hydrogen-bond acceptors (Lipinski definition) is 3. The second-order valence-corrected chi connectivity index (χ2v) is 5.73. The van der Waals surface area contributed by atoms with Crippen molar-refractivity contribution in [1.82, 2.24) is 4.90 Å². The molecule has 0 unspecified atom stereocenters. The van der Waals surface area contributed by atoms with Gasteiger partial charge in [0, 0.05) is 19.7 Å². The molecule has 1 saturated carbocycles.